The fourth-order valence-electron chi connectivity index (χ4n) is 2.09. The normalized spacial score (nSPS) is 12.4. The summed E-state index contributed by atoms with van der Waals surface area (Å²) in [7, 11) is 0. The summed E-state index contributed by atoms with van der Waals surface area (Å²) in [5.41, 5.74) is 11.4. The Morgan fingerprint density at radius 2 is 1.78 bits per heavy atom. The van der Waals surface area contributed by atoms with E-state index < -0.39 is 0 Å². The summed E-state index contributed by atoms with van der Waals surface area (Å²) in [6, 6.07) is 14.8. The van der Waals surface area contributed by atoms with Gasteiger partial charge in [0.05, 0.1) is 0 Å². The van der Waals surface area contributed by atoms with Crippen molar-refractivity contribution in [1.82, 2.24) is 0 Å². The predicted octanol–water partition coefficient (Wildman–Crippen LogP) is 4.31. The van der Waals surface area contributed by atoms with E-state index in [1.54, 1.807) is 0 Å². The number of hydrogen-bond donors (Lipinski definition) is 1. The Bertz CT molecular complexity index is 549. The highest BCUT2D eigenvalue weighted by Gasteiger charge is 2.09. The second kappa shape index (κ2) is 5.68. The number of benzene rings is 2. The third kappa shape index (κ3) is 3.01. The molecule has 2 N–H and O–H groups in total. The summed E-state index contributed by atoms with van der Waals surface area (Å²) >= 11 is 3.52. The SMILES string of the molecule is Cc1cc(C(N)Cc2ccccc2C)ccc1Br. The molecular weight excluding hydrogens is 286 g/mol. The van der Waals surface area contributed by atoms with Gasteiger partial charge in [-0.2, -0.15) is 0 Å². The molecule has 0 amide bonds. The van der Waals surface area contributed by atoms with Gasteiger partial charge < -0.3 is 5.73 Å². The maximum Gasteiger partial charge on any atom is 0.0335 e. The van der Waals surface area contributed by atoms with E-state index in [2.05, 4.69) is 72.2 Å². The van der Waals surface area contributed by atoms with Crippen LogP contribution >= 0.6 is 15.9 Å². The largest absolute Gasteiger partial charge is 0.324 e. The molecule has 1 unspecified atom stereocenters. The fraction of sp³-hybridized carbons (Fsp3) is 0.250. The molecule has 2 aromatic rings. The summed E-state index contributed by atoms with van der Waals surface area (Å²) in [5.74, 6) is 0. The lowest BCUT2D eigenvalue weighted by Crippen LogP contribution is -2.14. The number of nitrogens with two attached hydrogens (primary N) is 1. The van der Waals surface area contributed by atoms with Gasteiger partial charge in [-0.15, -0.1) is 0 Å². The van der Waals surface area contributed by atoms with Crippen molar-refractivity contribution in [3.63, 3.8) is 0 Å². The van der Waals surface area contributed by atoms with Crippen molar-refractivity contribution in [1.29, 1.82) is 0 Å². The first kappa shape index (κ1) is 13.3. The third-order valence-electron chi connectivity index (χ3n) is 3.31. The molecule has 0 aliphatic carbocycles. The van der Waals surface area contributed by atoms with Crippen LogP contribution in [0.5, 0.6) is 0 Å². The van der Waals surface area contributed by atoms with Crippen molar-refractivity contribution in [3.05, 3.63) is 69.2 Å². The van der Waals surface area contributed by atoms with E-state index in [0.29, 0.717) is 0 Å². The van der Waals surface area contributed by atoms with Gasteiger partial charge in [0.15, 0.2) is 0 Å². The smallest absolute Gasteiger partial charge is 0.0335 e. The Hall–Kier alpha value is -1.12. The fourth-order valence-corrected chi connectivity index (χ4v) is 2.34. The summed E-state index contributed by atoms with van der Waals surface area (Å²) in [4.78, 5) is 0. The molecule has 0 saturated heterocycles. The minimum Gasteiger partial charge on any atom is -0.324 e. The molecule has 0 aromatic heterocycles. The molecule has 2 rings (SSSR count). The lowest BCUT2D eigenvalue weighted by molar-refractivity contribution is 0.718. The molecule has 0 aliphatic heterocycles. The summed E-state index contributed by atoms with van der Waals surface area (Å²) in [6.07, 6.45) is 0.883. The predicted molar refractivity (Wildman–Crippen MR) is 80.7 cm³/mol. The van der Waals surface area contributed by atoms with Gasteiger partial charge in [-0.25, -0.2) is 0 Å². The molecule has 0 bridgehead atoms. The molecule has 1 atom stereocenters. The van der Waals surface area contributed by atoms with E-state index in [0.717, 1.165) is 10.9 Å². The van der Waals surface area contributed by atoms with Crippen LogP contribution in [0.15, 0.2) is 46.9 Å². The van der Waals surface area contributed by atoms with Gasteiger partial charge in [0.25, 0.3) is 0 Å². The molecule has 2 heteroatoms. The standard InChI is InChI=1S/C16H18BrN/c1-11-5-3-4-6-13(11)10-16(18)14-7-8-15(17)12(2)9-14/h3-9,16H,10,18H2,1-2H3. The van der Waals surface area contributed by atoms with Gasteiger partial charge in [-0.1, -0.05) is 52.3 Å². The quantitative estimate of drug-likeness (QED) is 0.898. The zero-order valence-corrected chi connectivity index (χ0v) is 12.4. The van der Waals surface area contributed by atoms with Crippen LogP contribution in [0.25, 0.3) is 0 Å². The van der Waals surface area contributed by atoms with E-state index >= 15 is 0 Å². The molecule has 2 aromatic carbocycles. The van der Waals surface area contributed by atoms with Crippen LogP contribution in [0, 0.1) is 13.8 Å². The van der Waals surface area contributed by atoms with Gasteiger partial charge in [-0.3, -0.25) is 0 Å². The van der Waals surface area contributed by atoms with Crippen LogP contribution in [0.4, 0.5) is 0 Å². The molecule has 1 nitrogen and oxygen atoms in total. The molecule has 94 valence electrons. The van der Waals surface area contributed by atoms with Crippen LogP contribution in [0.3, 0.4) is 0 Å². The molecule has 18 heavy (non-hydrogen) atoms. The highest BCUT2D eigenvalue weighted by Crippen LogP contribution is 2.23. The molecule has 0 aliphatic rings. The van der Waals surface area contributed by atoms with Crippen molar-refractivity contribution in [3.8, 4) is 0 Å². The first-order valence-corrected chi connectivity index (χ1v) is 6.93. The Morgan fingerprint density at radius 1 is 1.06 bits per heavy atom. The second-order valence-corrected chi connectivity index (χ2v) is 5.60. The van der Waals surface area contributed by atoms with E-state index in [-0.39, 0.29) is 6.04 Å². The Morgan fingerprint density at radius 3 is 2.44 bits per heavy atom. The Labute approximate surface area is 117 Å². The van der Waals surface area contributed by atoms with Crippen molar-refractivity contribution < 1.29 is 0 Å². The summed E-state index contributed by atoms with van der Waals surface area (Å²) in [6.45, 7) is 4.23. The van der Waals surface area contributed by atoms with Gasteiger partial charge in [0.2, 0.25) is 0 Å². The monoisotopic (exact) mass is 303 g/mol. The van der Waals surface area contributed by atoms with Crippen LogP contribution in [0.1, 0.15) is 28.3 Å². The first-order valence-electron chi connectivity index (χ1n) is 6.14. The van der Waals surface area contributed by atoms with Crippen molar-refractivity contribution in [2.24, 2.45) is 5.73 Å². The number of aryl methyl sites for hydroxylation is 2. The molecular formula is C16H18BrN. The van der Waals surface area contributed by atoms with E-state index in [1.807, 2.05) is 0 Å². The third-order valence-corrected chi connectivity index (χ3v) is 4.20. The lowest BCUT2D eigenvalue weighted by Gasteiger charge is -2.15. The Kier molecular flexibility index (Phi) is 4.20. The summed E-state index contributed by atoms with van der Waals surface area (Å²) in [5, 5.41) is 0. The minimum atomic E-state index is 0.0536. The minimum absolute atomic E-state index is 0.0536. The highest BCUT2D eigenvalue weighted by molar-refractivity contribution is 9.10. The molecule has 0 spiro atoms. The molecule has 0 heterocycles. The first-order chi connectivity index (χ1) is 8.58. The van der Waals surface area contributed by atoms with Gasteiger partial charge in [-0.05, 0) is 48.6 Å². The highest BCUT2D eigenvalue weighted by atomic mass is 79.9. The average Bonchev–Trinajstić information content (AvgIpc) is 2.35. The van der Waals surface area contributed by atoms with Gasteiger partial charge in [0, 0.05) is 10.5 Å². The Balaban J connectivity index is 2.19. The van der Waals surface area contributed by atoms with Crippen LogP contribution in [0.2, 0.25) is 0 Å². The molecule has 0 radical (unpaired) electrons. The van der Waals surface area contributed by atoms with Crippen LogP contribution in [-0.2, 0) is 6.42 Å². The van der Waals surface area contributed by atoms with Gasteiger partial charge in [0.1, 0.15) is 0 Å². The summed E-state index contributed by atoms with van der Waals surface area (Å²) < 4.78 is 1.13. The molecule has 0 fully saturated rings. The maximum absolute atomic E-state index is 6.30. The maximum atomic E-state index is 6.30. The lowest BCUT2D eigenvalue weighted by atomic mass is 9.96. The van der Waals surface area contributed by atoms with Gasteiger partial charge >= 0.3 is 0 Å². The van der Waals surface area contributed by atoms with Crippen LogP contribution < -0.4 is 5.73 Å². The van der Waals surface area contributed by atoms with Crippen LogP contribution in [-0.4, -0.2) is 0 Å². The van der Waals surface area contributed by atoms with Crippen molar-refractivity contribution >= 4 is 15.9 Å². The number of rotatable bonds is 3. The zero-order valence-electron chi connectivity index (χ0n) is 10.8. The van der Waals surface area contributed by atoms with E-state index in [9.17, 15) is 0 Å². The van der Waals surface area contributed by atoms with E-state index in [4.69, 9.17) is 5.73 Å². The van der Waals surface area contributed by atoms with E-state index in [1.165, 1.54) is 22.3 Å². The molecule has 0 saturated carbocycles. The zero-order chi connectivity index (χ0) is 13.1. The number of hydrogen-bond acceptors (Lipinski definition) is 1. The topological polar surface area (TPSA) is 26.0 Å². The number of halogens is 1. The van der Waals surface area contributed by atoms with Crippen molar-refractivity contribution in [2.45, 2.75) is 26.3 Å². The average molecular weight is 304 g/mol. The van der Waals surface area contributed by atoms with Crippen molar-refractivity contribution in [2.75, 3.05) is 0 Å². The second-order valence-electron chi connectivity index (χ2n) is 4.75.